The number of nitriles is 3. The summed E-state index contributed by atoms with van der Waals surface area (Å²) in [4.78, 5) is 14.9. The molecule has 154 valence electrons. The molecule has 0 spiro atoms. The predicted molar refractivity (Wildman–Crippen MR) is 112 cm³/mol. The summed E-state index contributed by atoms with van der Waals surface area (Å²) in [7, 11) is 0. The lowest BCUT2D eigenvalue weighted by molar-refractivity contribution is 0.0225. The molecule has 2 aliphatic rings. The number of hydrogen-bond donors (Lipinski definition) is 1. The molecule has 1 amide bonds. The van der Waals surface area contributed by atoms with Crippen LogP contribution in [0, 0.1) is 45.3 Å². The van der Waals surface area contributed by atoms with Gasteiger partial charge in [-0.2, -0.15) is 15.8 Å². The predicted octanol–water partition coefficient (Wildman–Crippen LogP) is 4.06. The molecule has 0 bridgehead atoms. The monoisotopic (exact) mass is 441 g/mol. The Morgan fingerprint density at radius 2 is 2.00 bits per heavy atom. The van der Waals surface area contributed by atoms with E-state index in [1.807, 2.05) is 0 Å². The number of nitrogens with zero attached hydrogens (tertiary/aromatic N) is 4. The fourth-order valence-corrected chi connectivity index (χ4v) is 5.25. The number of halogens is 1. The number of ether oxygens (including phenoxy) is 1. The van der Waals surface area contributed by atoms with Crippen molar-refractivity contribution >= 4 is 29.0 Å². The Bertz CT molecular complexity index is 1060. The van der Waals surface area contributed by atoms with Crippen molar-refractivity contribution in [2.45, 2.75) is 32.3 Å². The summed E-state index contributed by atoms with van der Waals surface area (Å²) in [6.07, 6.45) is 1.26. The Labute approximate surface area is 184 Å². The topological polar surface area (TPSA) is 127 Å². The second-order valence-electron chi connectivity index (χ2n) is 8.20. The van der Waals surface area contributed by atoms with Gasteiger partial charge in [0.25, 0.3) is 0 Å². The smallest absolute Gasteiger partial charge is 0.410 e. The van der Waals surface area contributed by atoms with Crippen molar-refractivity contribution in [3.8, 4) is 18.2 Å². The van der Waals surface area contributed by atoms with Crippen molar-refractivity contribution < 1.29 is 9.53 Å². The highest BCUT2D eigenvalue weighted by atomic mass is 35.5. The van der Waals surface area contributed by atoms with Gasteiger partial charge in [-0.3, -0.25) is 0 Å². The number of amides is 1. The van der Waals surface area contributed by atoms with Crippen molar-refractivity contribution in [1.82, 2.24) is 4.90 Å². The Morgan fingerprint density at radius 1 is 1.33 bits per heavy atom. The molecule has 1 aliphatic heterocycles. The molecule has 2 N–H and O–H groups in total. The van der Waals surface area contributed by atoms with Crippen LogP contribution in [0.4, 0.5) is 4.79 Å². The lowest BCUT2D eigenvalue weighted by Crippen LogP contribution is -2.49. The maximum Gasteiger partial charge on any atom is 0.410 e. The zero-order chi connectivity index (χ0) is 22.3. The number of thiophene rings is 1. The molecule has 1 aromatic rings. The average Bonchev–Trinajstić information content (AvgIpc) is 3.11. The van der Waals surface area contributed by atoms with Crippen molar-refractivity contribution in [2.24, 2.45) is 17.1 Å². The fourth-order valence-electron chi connectivity index (χ4n) is 3.96. The number of allylic oxidation sites excluding steroid dienone is 2. The molecule has 2 heterocycles. The Kier molecular flexibility index (Phi) is 5.56. The van der Waals surface area contributed by atoms with E-state index in [2.05, 4.69) is 18.2 Å². The SMILES string of the molecule is CC(C)(C)OC(=O)N1CC=C2C(C#N)=C(N)C(C#N)(C#N)C(c3ccc(Cl)s3)C2C1. The van der Waals surface area contributed by atoms with Gasteiger partial charge in [-0.05, 0) is 38.5 Å². The van der Waals surface area contributed by atoms with Gasteiger partial charge in [0, 0.05) is 29.8 Å². The van der Waals surface area contributed by atoms with Crippen LogP contribution in [0.1, 0.15) is 31.6 Å². The number of rotatable bonds is 1. The maximum atomic E-state index is 12.7. The van der Waals surface area contributed by atoms with Crippen LogP contribution in [0.3, 0.4) is 0 Å². The first-order valence-electron chi connectivity index (χ1n) is 9.24. The second kappa shape index (κ2) is 7.69. The summed E-state index contributed by atoms with van der Waals surface area (Å²) in [5, 5.41) is 29.8. The summed E-state index contributed by atoms with van der Waals surface area (Å²) >= 11 is 7.39. The summed E-state index contributed by atoms with van der Waals surface area (Å²) in [6.45, 7) is 5.76. The van der Waals surface area contributed by atoms with E-state index in [9.17, 15) is 20.6 Å². The van der Waals surface area contributed by atoms with Crippen molar-refractivity contribution in [2.75, 3.05) is 13.1 Å². The summed E-state index contributed by atoms with van der Waals surface area (Å²) < 4.78 is 6.00. The third-order valence-corrected chi connectivity index (χ3v) is 6.53. The average molecular weight is 442 g/mol. The van der Waals surface area contributed by atoms with Gasteiger partial charge in [-0.25, -0.2) is 4.79 Å². The van der Waals surface area contributed by atoms with E-state index in [1.54, 1.807) is 39.0 Å². The third kappa shape index (κ3) is 3.52. The lowest BCUT2D eigenvalue weighted by atomic mass is 9.59. The largest absolute Gasteiger partial charge is 0.444 e. The molecule has 0 fully saturated rings. The molecular weight excluding hydrogens is 422 g/mol. The van der Waals surface area contributed by atoms with E-state index in [-0.39, 0.29) is 24.4 Å². The lowest BCUT2D eigenvalue weighted by Gasteiger charge is -2.45. The molecule has 1 aliphatic carbocycles. The van der Waals surface area contributed by atoms with E-state index in [1.165, 1.54) is 16.2 Å². The first kappa shape index (κ1) is 21.7. The third-order valence-electron chi connectivity index (χ3n) is 5.22. The quantitative estimate of drug-likeness (QED) is 0.699. The van der Waals surface area contributed by atoms with Gasteiger partial charge < -0.3 is 15.4 Å². The maximum absolute atomic E-state index is 12.7. The van der Waals surface area contributed by atoms with Gasteiger partial charge in [0.05, 0.1) is 27.7 Å². The van der Waals surface area contributed by atoms with Gasteiger partial charge in [0.2, 0.25) is 0 Å². The van der Waals surface area contributed by atoms with Crippen LogP contribution < -0.4 is 5.73 Å². The highest BCUT2D eigenvalue weighted by Crippen LogP contribution is 2.55. The molecule has 7 nitrogen and oxygen atoms in total. The molecule has 3 rings (SSSR count). The molecule has 0 radical (unpaired) electrons. The molecule has 2 atom stereocenters. The van der Waals surface area contributed by atoms with Gasteiger partial charge in [0.15, 0.2) is 5.41 Å². The van der Waals surface area contributed by atoms with E-state index in [0.29, 0.717) is 14.8 Å². The second-order valence-corrected chi connectivity index (χ2v) is 9.95. The molecule has 0 aromatic carbocycles. The molecule has 30 heavy (non-hydrogen) atoms. The van der Waals surface area contributed by atoms with Gasteiger partial charge in [-0.1, -0.05) is 17.7 Å². The Morgan fingerprint density at radius 3 is 2.50 bits per heavy atom. The standard InChI is InChI=1S/C21H20ClN5O2S/c1-20(2,3)29-19(28)27-7-6-12-13(8-23)18(26)21(10-24,11-25)17(14(12)9-27)15-4-5-16(22)30-15/h4-6,14,17H,7,9,26H2,1-3H3. The molecule has 0 saturated heterocycles. The van der Waals surface area contributed by atoms with Crippen molar-refractivity contribution in [3.05, 3.63) is 44.3 Å². The normalized spacial score (nSPS) is 22.8. The number of carbonyl (C=O) groups excluding carboxylic acids is 1. The summed E-state index contributed by atoms with van der Waals surface area (Å²) in [6, 6.07) is 9.64. The summed E-state index contributed by atoms with van der Waals surface area (Å²) in [5.74, 6) is -1.17. The molecule has 0 saturated carbocycles. The van der Waals surface area contributed by atoms with E-state index < -0.39 is 28.9 Å². The van der Waals surface area contributed by atoms with Crippen LogP contribution in [0.25, 0.3) is 0 Å². The first-order chi connectivity index (χ1) is 14.1. The van der Waals surface area contributed by atoms with Crippen molar-refractivity contribution in [3.63, 3.8) is 0 Å². The van der Waals surface area contributed by atoms with E-state index >= 15 is 0 Å². The molecule has 2 unspecified atom stereocenters. The summed E-state index contributed by atoms with van der Waals surface area (Å²) in [5.41, 5.74) is 4.54. The highest BCUT2D eigenvalue weighted by molar-refractivity contribution is 7.16. The van der Waals surface area contributed by atoms with Gasteiger partial charge >= 0.3 is 6.09 Å². The zero-order valence-electron chi connectivity index (χ0n) is 16.8. The van der Waals surface area contributed by atoms with Crippen LogP contribution in [-0.4, -0.2) is 29.7 Å². The highest BCUT2D eigenvalue weighted by Gasteiger charge is 2.55. The van der Waals surface area contributed by atoms with Crippen LogP contribution in [0.5, 0.6) is 0 Å². The minimum Gasteiger partial charge on any atom is -0.444 e. The van der Waals surface area contributed by atoms with E-state index in [0.717, 1.165) is 0 Å². The van der Waals surface area contributed by atoms with Gasteiger partial charge in [0.1, 0.15) is 11.7 Å². The fraction of sp³-hybridized carbons (Fsp3) is 0.429. The Balaban J connectivity index is 2.17. The molecule has 1 aromatic heterocycles. The first-order valence-corrected chi connectivity index (χ1v) is 10.4. The zero-order valence-corrected chi connectivity index (χ0v) is 18.3. The van der Waals surface area contributed by atoms with Crippen LogP contribution in [0.15, 0.2) is 35.1 Å². The van der Waals surface area contributed by atoms with Crippen LogP contribution in [0.2, 0.25) is 4.34 Å². The minimum atomic E-state index is -1.75. The Hall–Kier alpha value is -2.99. The number of hydrogen-bond acceptors (Lipinski definition) is 7. The van der Waals surface area contributed by atoms with Crippen LogP contribution >= 0.6 is 22.9 Å². The number of fused-ring (bicyclic) bond motifs is 1. The molecular formula is C21H20ClN5O2S. The van der Waals surface area contributed by atoms with E-state index in [4.69, 9.17) is 22.1 Å². The number of nitrogens with two attached hydrogens (primary N) is 1. The minimum absolute atomic E-state index is 0.0576. The van der Waals surface area contributed by atoms with Crippen LogP contribution in [-0.2, 0) is 4.74 Å². The van der Waals surface area contributed by atoms with Crippen molar-refractivity contribution in [1.29, 1.82) is 15.8 Å². The van der Waals surface area contributed by atoms with Gasteiger partial charge in [-0.15, -0.1) is 11.3 Å². The molecule has 9 heteroatoms. The number of carbonyl (C=O) groups is 1.